The molecule has 13 nitrogen and oxygen atoms in total. The topological polar surface area (TPSA) is 184 Å². The normalized spacial score (nSPS) is 30.6. The second-order valence-electron chi connectivity index (χ2n) is 12.4. The Morgan fingerprint density at radius 1 is 1.11 bits per heavy atom. The highest BCUT2D eigenvalue weighted by molar-refractivity contribution is 7.46. The fraction of sp³-hybridized carbons (Fsp3) is 0.656. The van der Waals surface area contributed by atoms with Gasteiger partial charge in [0.1, 0.15) is 24.2 Å². The summed E-state index contributed by atoms with van der Waals surface area (Å²) in [5.41, 5.74) is 1.90. The SMILES string of the molecule is COC(=O)/C=C1/C=C2C[C@H](OP(=O)(O)O)[C@@H](C)C[C@H](C)C(=O)O[C@H](c3coc(/C=C(\C)[C@@H](C)OC)n3)CC[C@H](C)[C@@H](O)C[C@H](C1)O2. The van der Waals surface area contributed by atoms with Crippen molar-refractivity contribution in [3.63, 3.8) is 0 Å². The minimum Gasteiger partial charge on any atom is -0.494 e. The molecule has 3 rings (SSSR count). The molecule has 2 bridgehead atoms. The van der Waals surface area contributed by atoms with Crippen molar-refractivity contribution in [1.82, 2.24) is 4.98 Å². The molecule has 0 aromatic carbocycles. The second kappa shape index (κ2) is 16.9. The number of ether oxygens (including phenoxy) is 4. The Labute approximate surface area is 270 Å². The second-order valence-corrected chi connectivity index (χ2v) is 13.6. The molecule has 2 aliphatic rings. The zero-order chi connectivity index (χ0) is 34.2. The van der Waals surface area contributed by atoms with Crippen molar-refractivity contribution in [2.24, 2.45) is 17.8 Å². The molecule has 0 amide bonds. The Hall–Kier alpha value is -2.80. The Kier molecular flexibility index (Phi) is 13.8. The molecule has 3 heterocycles. The number of phosphoric ester groups is 1. The van der Waals surface area contributed by atoms with Gasteiger partial charge >= 0.3 is 19.8 Å². The summed E-state index contributed by atoms with van der Waals surface area (Å²) in [7, 11) is -2.06. The lowest BCUT2D eigenvalue weighted by Gasteiger charge is -2.33. The number of nitrogens with zero attached hydrogens (tertiary/aromatic N) is 1. The third kappa shape index (κ3) is 11.5. The third-order valence-corrected chi connectivity index (χ3v) is 9.13. The number of phosphoric acid groups is 1. The number of methoxy groups -OCH3 is 2. The lowest BCUT2D eigenvalue weighted by Crippen LogP contribution is -2.31. The van der Waals surface area contributed by atoms with E-state index in [4.69, 9.17) is 27.9 Å². The average Bonchev–Trinajstić information content (AvgIpc) is 3.44. The summed E-state index contributed by atoms with van der Waals surface area (Å²) in [4.78, 5) is 49.4. The molecule has 0 spiro atoms. The highest BCUT2D eigenvalue weighted by Crippen LogP contribution is 2.43. The van der Waals surface area contributed by atoms with Crippen LogP contribution in [0.2, 0.25) is 0 Å². The summed E-state index contributed by atoms with van der Waals surface area (Å²) in [6, 6.07) is 0. The average molecular weight is 670 g/mol. The lowest BCUT2D eigenvalue weighted by molar-refractivity contribution is -0.155. The number of cyclic esters (lactones) is 1. The van der Waals surface area contributed by atoms with E-state index < -0.39 is 56.0 Å². The number of carbonyl (C=O) groups excluding carboxylic acids is 2. The van der Waals surface area contributed by atoms with Gasteiger partial charge in [0, 0.05) is 38.5 Å². The van der Waals surface area contributed by atoms with Gasteiger partial charge in [0.15, 0.2) is 0 Å². The van der Waals surface area contributed by atoms with Gasteiger partial charge in [0.2, 0.25) is 5.89 Å². The number of carbonyl (C=O) groups is 2. The highest BCUT2D eigenvalue weighted by Gasteiger charge is 2.35. The van der Waals surface area contributed by atoms with Crippen LogP contribution in [0.25, 0.3) is 6.08 Å². The number of oxazole rings is 1. The maximum atomic E-state index is 13.4. The first-order chi connectivity index (χ1) is 21.6. The number of hydrogen-bond donors (Lipinski definition) is 3. The van der Waals surface area contributed by atoms with Crippen molar-refractivity contribution in [2.75, 3.05) is 14.2 Å². The summed E-state index contributed by atoms with van der Waals surface area (Å²) in [5, 5.41) is 11.2. The van der Waals surface area contributed by atoms with Crippen molar-refractivity contribution in [3.05, 3.63) is 46.9 Å². The van der Waals surface area contributed by atoms with Crippen molar-refractivity contribution >= 4 is 25.8 Å². The van der Waals surface area contributed by atoms with Crippen molar-refractivity contribution in [3.8, 4) is 0 Å². The van der Waals surface area contributed by atoms with Crippen LogP contribution in [0.15, 0.2) is 39.7 Å². The monoisotopic (exact) mass is 669 g/mol. The zero-order valence-electron chi connectivity index (χ0n) is 27.6. The first-order valence-electron chi connectivity index (χ1n) is 15.5. The molecule has 1 aromatic heterocycles. The minimum absolute atomic E-state index is 0.0479. The summed E-state index contributed by atoms with van der Waals surface area (Å²) in [6.07, 6.45) is 4.35. The third-order valence-electron chi connectivity index (χ3n) is 8.59. The first kappa shape index (κ1) is 37.7. The van der Waals surface area contributed by atoms with Crippen LogP contribution in [0.5, 0.6) is 0 Å². The molecule has 14 heteroatoms. The first-order valence-corrected chi connectivity index (χ1v) is 17.1. The van der Waals surface area contributed by atoms with E-state index in [-0.39, 0.29) is 31.3 Å². The zero-order valence-corrected chi connectivity index (χ0v) is 28.5. The molecule has 0 radical (unpaired) electrons. The van der Waals surface area contributed by atoms with Gasteiger partial charge in [0.25, 0.3) is 0 Å². The number of aliphatic hydroxyl groups excluding tert-OH is 1. The van der Waals surface area contributed by atoms with E-state index in [1.165, 1.54) is 19.4 Å². The molecule has 0 unspecified atom stereocenters. The van der Waals surface area contributed by atoms with Crippen molar-refractivity contribution in [1.29, 1.82) is 0 Å². The summed E-state index contributed by atoms with van der Waals surface area (Å²) >= 11 is 0. The maximum Gasteiger partial charge on any atom is 0.469 e. The maximum absolute atomic E-state index is 13.4. The molecule has 1 fully saturated rings. The Morgan fingerprint density at radius 2 is 1.83 bits per heavy atom. The number of esters is 2. The molecular formula is C32H48NO12P. The van der Waals surface area contributed by atoms with E-state index in [0.29, 0.717) is 42.2 Å². The summed E-state index contributed by atoms with van der Waals surface area (Å²) < 4.78 is 45.1. The van der Waals surface area contributed by atoms with E-state index in [1.807, 2.05) is 20.8 Å². The van der Waals surface area contributed by atoms with Gasteiger partial charge < -0.3 is 38.3 Å². The van der Waals surface area contributed by atoms with Crippen LogP contribution in [0.3, 0.4) is 0 Å². The van der Waals surface area contributed by atoms with Crippen LogP contribution in [0.1, 0.15) is 90.8 Å². The lowest BCUT2D eigenvalue weighted by atomic mass is 9.88. The van der Waals surface area contributed by atoms with E-state index >= 15 is 0 Å². The van der Waals surface area contributed by atoms with Gasteiger partial charge in [-0.3, -0.25) is 9.32 Å². The number of allylic oxidation sites excluding steroid dienone is 1. The minimum atomic E-state index is -4.93. The van der Waals surface area contributed by atoms with Gasteiger partial charge in [-0.25, -0.2) is 14.3 Å². The molecule has 0 aliphatic carbocycles. The van der Waals surface area contributed by atoms with Crippen LogP contribution in [0, 0.1) is 17.8 Å². The van der Waals surface area contributed by atoms with Crippen molar-refractivity contribution < 1.29 is 56.9 Å². The fourth-order valence-corrected chi connectivity index (χ4v) is 6.17. The molecule has 0 saturated carbocycles. The van der Waals surface area contributed by atoms with Crippen LogP contribution in [-0.2, 0) is 37.6 Å². The quantitative estimate of drug-likeness (QED) is 0.196. The van der Waals surface area contributed by atoms with Gasteiger partial charge in [0.05, 0.1) is 37.1 Å². The van der Waals surface area contributed by atoms with Crippen LogP contribution >= 0.6 is 7.82 Å². The van der Waals surface area contributed by atoms with Gasteiger partial charge in [-0.2, -0.15) is 0 Å². The number of aliphatic hydroxyl groups is 1. The van der Waals surface area contributed by atoms with Gasteiger partial charge in [-0.1, -0.05) is 20.8 Å². The Balaban J connectivity index is 1.96. The van der Waals surface area contributed by atoms with E-state index in [9.17, 15) is 29.0 Å². The van der Waals surface area contributed by atoms with Gasteiger partial charge in [-0.05, 0) is 62.2 Å². The summed E-state index contributed by atoms with van der Waals surface area (Å²) in [5.74, 6) is -1.85. The predicted octanol–water partition coefficient (Wildman–Crippen LogP) is 5.18. The molecule has 1 saturated heterocycles. The molecule has 1 aromatic rings. The largest absolute Gasteiger partial charge is 0.494 e. The Bertz CT molecular complexity index is 1330. The number of hydrogen-bond acceptors (Lipinski definition) is 11. The molecule has 3 N–H and O–H groups in total. The molecule has 46 heavy (non-hydrogen) atoms. The predicted molar refractivity (Wildman–Crippen MR) is 167 cm³/mol. The standard InChI is InChI=1S/C32H48NO12P/c1-18-8-9-28(26-17-42-30(33-26)11-19(2)22(5)40-6)44-32(36)21(4)10-20(3)29(45-46(37,38)39)16-25-13-23(14-31(35)41-7)12-24(43-25)15-27(18)34/h11,13-14,17-18,20-22,24,27-29,34H,8-10,12,15-16H2,1-7H3,(H2,37,38,39)/b19-11+,23-14+/t18-,20-,21-,22+,24-,27-,28-,29-/m0/s1. The van der Waals surface area contributed by atoms with Gasteiger partial charge in [-0.15, -0.1) is 0 Å². The van der Waals surface area contributed by atoms with Crippen LogP contribution in [-0.4, -0.2) is 70.5 Å². The molecular weight excluding hydrogens is 621 g/mol. The van der Waals surface area contributed by atoms with E-state index in [1.54, 1.807) is 33.1 Å². The molecule has 2 aliphatic heterocycles. The van der Waals surface area contributed by atoms with E-state index in [2.05, 4.69) is 4.98 Å². The number of fused-ring (bicyclic) bond motifs is 2. The number of aromatic nitrogens is 1. The summed E-state index contributed by atoms with van der Waals surface area (Å²) in [6.45, 7) is 9.08. The van der Waals surface area contributed by atoms with Crippen molar-refractivity contribution in [2.45, 2.75) is 104 Å². The number of rotatable bonds is 7. The van der Waals surface area contributed by atoms with Crippen LogP contribution < -0.4 is 0 Å². The Morgan fingerprint density at radius 3 is 2.48 bits per heavy atom. The highest BCUT2D eigenvalue weighted by atomic mass is 31.2. The smallest absolute Gasteiger partial charge is 0.469 e. The molecule has 258 valence electrons. The fourth-order valence-electron chi connectivity index (χ4n) is 5.54. The van der Waals surface area contributed by atoms with Crippen LogP contribution in [0.4, 0.5) is 0 Å². The molecule has 8 atom stereocenters. The van der Waals surface area contributed by atoms with E-state index in [0.717, 1.165) is 5.57 Å².